The van der Waals surface area contributed by atoms with Crippen LogP contribution < -0.4 is 0 Å². The largest absolute Gasteiger partial charge is 0.309 e. The number of benzene rings is 1. The average Bonchev–Trinajstić information content (AvgIpc) is 2.05. The lowest BCUT2D eigenvalue weighted by atomic mass is 10.1. The van der Waals surface area contributed by atoms with Crippen LogP contribution in [-0.4, -0.2) is 25.5 Å². The zero-order valence-corrected chi connectivity index (χ0v) is 7.75. The van der Waals surface area contributed by atoms with Gasteiger partial charge in [0, 0.05) is 6.42 Å². The molecule has 0 heterocycles. The van der Waals surface area contributed by atoms with Crippen molar-refractivity contribution in [2.75, 3.05) is 20.6 Å². The summed E-state index contributed by atoms with van der Waals surface area (Å²) in [5.74, 6) is 0. The quantitative estimate of drug-likeness (QED) is 0.653. The summed E-state index contributed by atoms with van der Waals surface area (Å²) in [5.41, 5.74) is 1.19. The molecule has 0 aliphatic carbocycles. The fraction of sp³-hybridized carbons (Fsp3) is 0.364. The molecule has 1 aromatic carbocycles. The molecule has 1 heteroatoms. The summed E-state index contributed by atoms with van der Waals surface area (Å²) in [5, 5.41) is 0. The van der Waals surface area contributed by atoms with E-state index in [2.05, 4.69) is 37.5 Å². The van der Waals surface area contributed by atoms with Crippen molar-refractivity contribution < 1.29 is 0 Å². The summed E-state index contributed by atoms with van der Waals surface area (Å²) in [7, 11) is 4.15. The van der Waals surface area contributed by atoms with Gasteiger partial charge in [-0.05, 0) is 32.6 Å². The minimum Gasteiger partial charge on any atom is -0.309 e. The molecular formula is C11H15N. The molecule has 0 amide bonds. The Bertz CT molecular complexity index is 204. The van der Waals surface area contributed by atoms with E-state index in [1.807, 2.05) is 18.2 Å². The molecule has 64 valence electrons. The zero-order chi connectivity index (χ0) is 8.81. The summed E-state index contributed by atoms with van der Waals surface area (Å²) in [6.45, 7) is 1.06. The fourth-order valence-electron chi connectivity index (χ4n) is 0.980. The monoisotopic (exact) mass is 161 g/mol. The molecule has 0 bridgehead atoms. The van der Waals surface area contributed by atoms with Crippen LogP contribution in [0.15, 0.2) is 30.3 Å². The second-order valence-corrected chi connectivity index (χ2v) is 3.10. The molecule has 0 aromatic heterocycles. The van der Waals surface area contributed by atoms with E-state index >= 15 is 0 Å². The van der Waals surface area contributed by atoms with Crippen LogP contribution in [0.4, 0.5) is 0 Å². The molecule has 1 rings (SSSR count). The maximum atomic E-state index is 3.33. The van der Waals surface area contributed by atoms with Crippen molar-refractivity contribution in [1.82, 2.24) is 4.90 Å². The van der Waals surface area contributed by atoms with Crippen molar-refractivity contribution >= 4 is 0 Å². The molecule has 1 nitrogen and oxygen atoms in total. The Hall–Kier alpha value is -0.820. The predicted molar refractivity (Wildman–Crippen MR) is 52.0 cm³/mol. The first-order chi connectivity index (χ1) is 5.79. The van der Waals surface area contributed by atoms with Gasteiger partial charge < -0.3 is 4.90 Å². The van der Waals surface area contributed by atoms with Gasteiger partial charge in [0.1, 0.15) is 0 Å². The fourth-order valence-corrected chi connectivity index (χ4v) is 0.980. The summed E-state index contributed by atoms with van der Waals surface area (Å²) in [6, 6.07) is 10.3. The lowest BCUT2D eigenvalue weighted by Gasteiger charge is -2.07. The summed E-state index contributed by atoms with van der Waals surface area (Å²) < 4.78 is 0. The highest BCUT2D eigenvalue weighted by Gasteiger charge is 1.93. The van der Waals surface area contributed by atoms with Crippen LogP contribution in [-0.2, 0) is 0 Å². The number of hydrogen-bond acceptors (Lipinski definition) is 1. The molecule has 0 saturated carbocycles. The third-order valence-electron chi connectivity index (χ3n) is 1.66. The third kappa shape index (κ3) is 3.54. The van der Waals surface area contributed by atoms with Crippen LogP contribution in [0.2, 0.25) is 0 Å². The molecule has 0 atom stereocenters. The highest BCUT2D eigenvalue weighted by Crippen LogP contribution is 2.04. The number of hydrogen-bond donors (Lipinski definition) is 0. The standard InChI is InChI=1S/C11H15N/c1-12(2)10-6-9-11-7-4-3-5-8-11/h3-5,7-8H,6,10H2,1-2H3. The van der Waals surface area contributed by atoms with Crippen molar-refractivity contribution in [1.29, 1.82) is 0 Å². The first-order valence-electron chi connectivity index (χ1n) is 4.22. The van der Waals surface area contributed by atoms with E-state index in [4.69, 9.17) is 0 Å². The van der Waals surface area contributed by atoms with Gasteiger partial charge in [0.15, 0.2) is 0 Å². The van der Waals surface area contributed by atoms with Gasteiger partial charge in [-0.3, -0.25) is 0 Å². The van der Waals surface area contributed by atoms with Gasteiger partial charge in [-0.1, -0.05) is 30.3 Å². The zero-order valence-electron chi connectivity index (χ0n) is 7.75. The van der Waals surface area contributed by atoms with Crippen LogP contribution in [0.25, 0.3) is 0 Å². The lowest BCUT2D eigenvalue weighted by Crippen LogP contribution is -2.12. The molecule has 0 fully saturated rings. The Kier molecular flexibility index (Phi) is 3.81. The maximum absolute atomic E-state index is 3.33. The Labute approximate surface area is 75.0 Å². The van der Waals surface area contributed by atoms with E-state index in [1.165, 1.54) is 5.56 Å². The first kappa shape index (κ1) is 9.27. The number of nitrogens with zero attached hydrogens (tertiary/aromatic N) is 1. The normalized spacial score (nSPS) is 10.6. The van der Waals surface area contributed by atoms with Gasteiger partial charge >= 0.3 is 0 Å². The second kappa shape index (κ2) is 4.94. The smallest absolute Gasteiger partial charge is 0.0177 e. The van der Waals surface area contributed by atoms with Gasteiger partial charge in [0.05, 0.1) is 0 Å². The van der Waals surface area contributed by atoms with Crippen molar-refractivity contribution in [3.63, 3.8) is 0 Å². The molecule has 0 saturated heterocycles. The van der Waals surface area contributed by atoms with Crippen molar-refractivity contribution in [3.05, 3.63) is 42.3 Å². The summed E-state index contributed by atoms with van der Waals surface area (Å²) in [4.78, 5) is 2.16. The van der Waals surface area contributed by atoms with Gasteiger partial charge in [-0.15, -0.1) is 0 Å². The van der Waals surface area contributed by atoms with E-state index in [1.54, 1.807) is 0 Å². The Balaban J connectivity index is 2.25. The van der Waals surface area contributed by atoms with Crippen molar-refractivity contribution in [3.8, 4) is 0 Å². The van der Waals surface area contributed by atoms with Gasteiger partial charge in [0.2, 0.25) is 0 Å². The van der Waals surface area contributed by atoms with Crippen LogP contribution in [0.3, 0.4) is 0 Å². The molecule has 2 radical (unpaired) electrons. The highest BCUT2D eigenvalue weighted by molar-refractivity contribution is 5.22. The van der Waals surface area contributed by atoms with Crippen molar-refractivity contribution in [2.45, 2.75) is 6.42 Å². The van der Waals surface area contributed by atoms with Crippen LogP contribution in [0, 0.1) is 6.42 Å². The van der Waals surface area contributed by atoms with E-state index < -0.39 is 0 Å². The Morgan fingerprint density at radius 3 is 2.42 bits per heavy atom. The molecule has 0 N–H and O–H groups in total. The molecule has 0 unspecified atom stereocenters. The van der Waals surface area contributed by atoms with E-state index in [0.717, 1.165) is 13.0 Å². The average molecular weight is 161 g/mol. The van der Waals surface area contributed by atoms with Crippen LogP contribution >= 0.6 is 0 Å². The van der Waals surface area contributed by atoms with Gasteiger partial charge in [0.25, 0.3) is 0 Å². The van der Waals surface area contributed by atoms with E-state index in [9.17, 15) is 0 Å². The molecule has 0 aliphatic heterocycles. The van der Waals surface area contributed by atoms with E-state index in [0.29, 0.717) is 0 Å². The SMILES string of the molecule is CN(C)CC[C]c1ccccc1. The minimum atomic E-state index is 0.997. The predicted octanol–water partition coefficient (Wildman–Crippen LogP) is 2.07. The van der Waals surface area contributed by atoms with E-state index in [-0.39, 0.29) is 0 Å². The van der Waals surface area contributed by atoms with Gasteiger partial charge in [-0.25, -0.2) is 0 Å². The van der Waals surface area contributed by atoms with Crippen LogP contribution in [0.5, 0.6) is 0 Å². The molecule has 0 aliphatic rings. The molecule has 12 heavy (non-hydrogen) atoms. The summed E-state index contributed by atoms with van der Waals surface area (Å²) in [6.07, 6.45) is 4.33. The first-order valence-corrected chi connectivity index (χ1v) is 4.22. The number of rotatable bonds is 4. The third-order valence-corrected chi connectivity index (χ3v) is 1.66. The van der Waals surface area contributed by atoms with Gasteiger partial charge in [-0.2, -0.15) is 0 Å². The summed E-state index contributed by atoms with van der Waals surface area (Å²) >= 11 is 0. The molecule has 1 aromatic rings. The Morgan fingerprint density at radius 1 is 1.17 bits per heavy atom. The highest BCUT2D eigenvalue weighted by atomic mass is 15.0. The van der Waals surface area contributed by atoms with Crippen molar-refractivity contribution in [2.24, 2.45) is 0 Å². The van der Waals surface area contributed by atoms with Crippen LogP contribution in [0.1, 0.15) is 12.0 Å². The Morgan fingerprint density at radius 2 is 1.83 bits per heavy atom. The molecule has 0 spiro atoms. The second-order valence-electron chi connectivity index (χ2n) is 3.10. The lowest BCUT2D eigenvalue weighted by molar-refractivity contribution is 0.413. The minimum absolute atomic E-state index is 0.997. The maximum Gasteiger partial charge on any atom is 0.0177 e. The topological polar surface area (TPSA) is 3.24 Å². The molecular weight excluding hydrogens is 146 g/mol.